The molecule has 3 atom stereocenters. The molecule has 1 rings (SSSR count). The number of hydrogen-bond donors (Lipinski definition) is 1. The van der Waals surface area contributed by atoms with Gasteiger partial charge in [-0.15, -0.1) is 0 Å². The minimum atomic E-state index is 0.257. The molecule has 3 unspecified atom stereocenters. The van der Waals surface area contributed by atoms with Crippen LogP contribution >= 0.6 is 0 Å². The van der Waals surface area contributed by atoms with Crippen molar-refractivity contribution in [2.24, 2.45) is 17.6 Å². The number of hydrogen-bond acceptors (Lipinski definition) is 2. The lowest BCUT2D eigenvalue weighted by Crippen LogP contribution is -2.34. The zero-order valence-corrected chi connectivity index (χ0v) is 9.12. The Bertz CT molecular complexity index is 147. The van der Waals surface area contributed by atoms with Crippen LogP contribution in [0.2, 0.25) is 0 Å². The van der Waals surface area contributed by atoms with E-state index in [1.165, 1.54) is 19.3 Å². The summed E-state index contributed by atoms with van der Waals surface area (Å²) < 4.78 is 5.53. The third kappa shape index (κ3) is 3.65. The topological polar surface area (TPSA) is 35.2 Å². The van der Waals surface area contributed by atoms with Crippen LogP contribution in [0.15, 0.2) is 0 Å². The van der Waals surface area contributed by atoms with Gasteiger partial charge in [0.1, 0.15) is 0 Å². The third-order valence-corrected chi connectivity index (χ3v) is 2.96. The average Bonchev–Trinajstić information content (AvgIpc) is 2.47. The summed E-state index contributed by atoms with van der Waals surface area (Å²) in [5, 5.41) is 0. The lowest BCUT2D eigenvalue weighted by Gasteiger charge is -2.20. The van der Waals surface area contributed by atoms with Gasteiger partial charge in [0.05, 0.1) is 12.7 Å². The molecule has 0 aromatic heterocycles. The Morgan fingerprint density at radius 1 is 1.38 bits per heavy atom. The van der Waals surface area contributed by atoms with Crippen molar-refractivity contribution in [2.75, 3.05) is 6.61 Å². The van der Waals surface area contributed by atoms with E-state index in [1.807, 2.05) is 0 Å². The van der Waals surface area contributed by atoms with Gasteiger partial charge in [0.2, 0.25) is 0 Å². The molecule has 78 valence electrons. The molecule has 0 aromatic rings. The van der Waals surface area contributed by atoms with E-state index >= 15 is 0 Å². The van der Waals surface area contributed by atoms with Gasteiger partial charge < -0.3 is 10.5 Å². The molecule has 0 bridgehead atoms. The molecule has 2 nitrogen and oxygen atoms in total. The minimum absolute atomic E-state index is 0.257. The average molecular weight is 185 g/mol. The number of ether oxygens (including phenoxy) is 1. The monoisotopic (exact) mass is 185 g/mol. The fourth-order valence-electron chi connectivity index (χ4n) is 2.08. The summed E-state index contributed by atoms with van der Waals surface area (Å²) >= 11 is 0. The maximum Gasteiger partial charge on any atom is 0.0623 e. The quantitative estimate of drug-likeness (QED) is 0.728. The first-order valence-electron chi connectivity index (χ1n) is 5.46. The summed E-state index contributed by atoms with van der Waals surface area (Å²) in [4.78, 5) is 0. The largest absolute Gasteiger partial charge is 0.377 e. The van der Waals surface area contributed by atoms with Crippen LogP contribution in [0.5, 0.6) is 0 Å². The Labute approximate surface area is 81.8 Å². The lowest BCUT2D eigenvalue weighted by molar-refractivity contribution is 0.0574. The van der Waals surface area contributed by atoms with Gasteiger partial charge in [-0.25, -0.2) is 0 Å². The molecular weight excluding hydrogens is 162 g/mol. The molecule has 13 heavy (non-hydrogen) atoms. The maximum atomic E-state index is 6.06. The van der Waals surface area contributed by atoms with Gasteiger partial charge >= 0.3 is 0 Å². The fraction of sp³-hybridized carbons (Fsp3) is 1.00. The molecule has 1 aliphatic carbocycles. The first-order chi connectivity index (χ1) is 6.09. The normalized spacial score (nSPS) is 31.2. The Morgan fingerprint density at radius 2 is 2.08 bits per heavy atom. The molecule has 0 aliphatic heterocycles. The van der Waals surface area contributed by atoms with E-state index in [0.29, 0.717) is 12.0 Å². The van der Waals surface area contributed by atoms with E-state index < -0.39 is 0 Å². The standard InChI is InChI=1S/C11H23NO/c1-8(2)13-7-11(12)10-5-4-9(3)6-10/h8-11H,4-7,12H2,1-3H3. The van der Waals surface area contributed by atoms with Crippen molar-refractivity contribution in [1.29, 1.82) is 0 Å². The number of rotatable bonds is 4. The van der Waals surface area contributed by atoms with E-state index in [0.717, 1.165) is 12.5 Å². The van der Waals surface area contributed by atoms with Crippen LogP contribution in [0, 0.1) is 11.8 Å². The first kappa shape index (κ1) is 11.0. The first-order valence-corrected chi connectivity index (χ1v) is 5.46. The van der Waals surface area contributed by atoms with Crippen LogP contribution in [-0.4, -0.2) is 18.8 Å². The Balaban J connectivity index is 2.19. The summed E-state index contributed by atoms with van der Waals surface area (Å²) in [7, 11) is 0. The van der Waals surface area contributed by atoms with E-state index in [-0.39, 0.29) is 6.04 Å². The molecular formula is C11H23NO. The summed E-state index contributed by atoms with van der Waals surface area (Å²) in [5.41, 5.74) is 6.06. The van der Waals surface area contributed by atoms with Crippen molar-refractivity contribution >= 4 is 0 Å². The molecule has 0 radical (unpaired) electrons. The van der Waals surface area contributed by atoms with Crippen LogP contribution in [0.25, 0.3) is 0 Å². The highest BCUT2D eigenvalue weighted by atomic mass is 16.5. The smallest absolute Gasteiger partial charge is 0.0623 e. The van der Waals surface area contributed by atoms with Gasteiger partial charge in [0.25, 0.3) is 0 Å². The molecule has 0 saturated heterocycles. The van der Waals surface area contributed by atoms with E-state index in [1.54, 1.807) is 0 Å². The molecule has 0 aromatic carbocycles. The second kappa shape index (κ2) is 4.97. The van der Waals surface area contributed by atoms with E-state index in [4.69, 9.17) is 10.5 Å². The predicted octanol–water partition coefficient (Wildman–Crippen LogP) is 2.17. The van der Waals surface area contributed by atoms with Crippen molar-refractivity contribution in [3.63, 3.8) is 0 Å². The SMILES string of the molecule is CC1CCC(C(N)COC(C)C)C1. The Hall–Kier alpha value is -0.0800. The summed E-state index contributed by atoms with van der Waals surface area (Å²) in [6.07, 6.45) is 4.25. The van der Waals surface area contributed by atoms with Gasteiger partial charge in [-0.3, -0.25) is 0 Å². The summed E-state index contributed by atoms with van der Waals surface area (Å²) in [6.45, 7) is 7.17. The molecule has 0 amide bonds. The van der Waals surface area contributed by atoms with Crippen molar-refractivity contribution in [2.45, 2.75) is 52.2 Å². The van der Waals surface area contributed by atoms with Gasteiger partial charge in [-0.1, -0.05) is 13.3 Å². The van der Waals surface area contributed by atoms with Gasteiger partial charge in [0.15, 0.2) is 0 Å². The Morgan fingerprint density at radius 3 is 2.54 bits per heavy atom. The second-order valence-corrected chi connectivity index (χ2v) is 4.72. The highest BCUT2D eigenvalue weighted by Crippen LogP contribution is 2.31. The molecule has 1 saturated carbocycles. The van der Waals surface area contributed by atoms with Crippen LogP contribution in [0.3, 0.4) is 0 Å². The second-order valence-electron chi connectivity index (χ2n) is 4.72. The highest BCUT2D eigenvalue weighted by molar-refractivity contribution is 4.80. The van der Waals surface area contributed by atoms with Gasteiger partial charge in [-0.05, 0) is 38.5 Å². The molecule has 2 N–H and O–H groups in total. The third-order valence-electron chi connectivity index (χ3n) is 2.96. The fourth-order valence-corrected chi connectivity index (χ4v) is 2.08. The zero-order chi connectivity index (χ0) is 9.84. The van der Waals surface area contributed by atoms with Crippen LogP contribution in [0.1, 0.15) is 40.0 Å². The van der Waals surface area contributed by atoms with Gasteiger partial charge in [0, 0.05) is 6.04 Å². The molecule has 0 heterocycles. The van der Waals surface area contributed by atoms with Crippen LogP contribution < -0.4 is 5.73 Å². The van der Waals surface area contributed by atoms with Gasteiger partial charge in [-0.2, -0.15) is 0 Å². The minimum Gasteiger partial charge on any atom is -0.377 e. The highest BCUT2D eigenvalue weighted by Gasteiger charge is 2.26. The zero-order valence-electron chi connectivity index (χ0n) is 9.12. The summed E-state index contributed by atoms with van der Waals surface area (Å²) in [5.74, 6) is 1.57. The molecule has 0 spiro atoms. The van der Waals surface area contributed by atoms with E-state index in [2.05, 4.69) is 20.8 Å². The maximum absolute atomic E-state index is 6.06. The number of nitrogens with two attached hydrogens (primary N) is 1. The lowest BCUT2D eigenvalue weighted by atomic mass is 9.98. The molecule has 1 aliphatic rings. The van der Waals surface area contributed by atoms with Crippen molar-refractivity contribution < 1.29 is 4.74 Å². The predicted molar refractivity (Wildman–Crippen MR) is 55.6 cm³/mol. The van der Waals surface area contributed by atoms with Crippen molar-refractivity contribution in [3.8, 4) is 0 Å². The molecule has 2 heteroatoms. The molecule has 1 fully saturated rings. The Kier molecular flexibility index (Phi) is 4.20. The van der Waals surface area contributed by atoms with Crippen molar-refractivity contribution in [3.05, 3.63) is 0 Å². The van der Waals surface area contributed by atoms with Crippen molar-refractivity contribution in [1.82, 2.24) is 0 Å². The van der Waals surface area contributed by atoms with E-state index in [9.17, 15) is 0 Å². The summed E-state index contributed by atoms with van der Waals surface area (Å²) in [6, 6.07) is 0.257. The van der Waals surface area contributed by atoms with Crippen LogP contribution in [0.4, 0.5) is 0 Å². The van der Waals surface area contributed by atoms with Crippen LogP contribution in [-0.2, 0) is 4.74 Å².